The minimum absolute atomic E-state index is 0.0529. The van der Waals surface area contributed by atoms with Crippen LogP contribution in [0.15, 0.2) is 51.1 Å². The molecule has 2 aromatic carbocycles. The van der Waals surface area contributed by atoms with Gasteiger partial charge < -0.3 is 13.9 Å². The standard InChI is InChI=1S/C28H28N2O5S/c1-5-7-11-34-20-9-8-18(15-22(20)33-6-2)24-23-25(31)19-13-16(3)17(4)14-21(19)35-26(23)27(32)30(24)28-29-10-12-36-28/h8-10,12-15,24H,5-7,11H2,1-4H3. The maximum Gasteiger partial charge on any atom is 0.297 e. The van der Waals surface area contributed by atoms with Gasteiger partial charge in [0.05, 0.1) is 30.2 Å². The number of rotatable bonds is 8. The summed E-state index contributed by atoms with van der Waals surface area (Å²) in [6, 6.07) is 8.51. The number of hydrogen-bond acceptors (Lipinski definition) is 7. The molecule has 1 aliphatic heterocycles. The van der Waals surface area contributed by atoms with Gasteiger partial charge in [-0.2, -0.15) is 0 Å². The van der Waals surface area contributed by atoms with Gasteiger partial charge in [0, 0.05) is 11.6 Å². The molecule has 0 spiro atoms. The van der Waals surface area contributed by atoms with E-state index in [4.69, 9.17) is 13.9 Å². The lowest BCUT2D eigenvalue weighted by Crippen LogP contribution is -2.29. The molecule has 1 atom stereocenters. The van der Waals surface area contributed by atoms with Crippen molar-refractivity contribution < 1.29 is 18.7 Å². The van der Waals surface area contributed by atoms with Gasteiger partial charge in [0.1, 0.15) is 5.58 Å². The zero-order valence-corrected chi connectivity index (χ0v) is 21.6. The number of thiazole rings is 1. The molecule has 1 amide bonds. The Morgan fingerprint density at radius 2 is 1.86 bits per heavy atom. The molecule has 0 saturated heterocycles. The highest BCUT2D eigenvalue weighted by atomic mass is 32.1. The molecule has 1 unspecified atom stereocenters. The highest BCUT2D eigenvalue weighted by Gasteiger charge is 2.45. The van der Waals surface area contributed by atoms with Crippen LogP contribution >= 0.6 is 11.3 Å². The van der Waals surface area contributed by atoms with Crippen molar-refractivity contribution in [3.05, 3.63) is 80.1 Å². The number of nitrogens with zero attached hydrogens (tertiary/aromatic N) is 2. The number of hydrogen-bond donors (Lipinski definition) is 0. The van der Waals surface area contributed by atoms with Crippen LogP contribution in [0.2, 0.25) is 0 Å². The summed E-state index contributed by atoms with van der Waals surface area (Å²) in [4.78, 5) is 33.5. The first-order valence-electron chi connectivity index (χ1n) is 12.1. The number of unbranched alkanes of at least 4 members (excludes halogenated alkanes) is 1. The summed E-state index contributed by atoms with van der Waals surface area (Å²) in [5.41, 5.74) is 3.20. The van der Waals surface area contributed by atoms with Crippen molar-refractivity contribution in [3.8, 4) is 11.5 Å². The molecule has 0 saturated carbocycles. The van der Waals surface area contributed by atoms with Crippen LogP contribution in [0.3, 0.4) is 0 Å². The molecule has 2 aromatic heterocycles. The van der Waals surface area contributed by atoms with Gasteiger partial charge in [-0.15, -0.1) is 11.3 Å². The fourth-order valence-electron chi connectivity index (χ4n) is 4.48. The summed E-state index contributed by atoms with van der Waals surface area (Å²) in [5, 5.41) is 2.76. The average Bonchev–Trinajstić information content (AvgIpc) is 3.48. The van der Waals surface area contributed by atoms with E-state index in [1.165, 1.54) is 11.3 Å². The molecular formula is C28H28N2O5S. The van der Waals surface area contributed by atoms with E-state index in [9.17, 15) is 9.59 Å². The van der Waals surface area contributed by atoms with E-state index >= 15 is 0 Å². The lowest BCUT2D eigenvalue weighted by Gasteiger charge is -2.23. The molecule has 0 bridgehead atoms. The third-order valence-electron chi connectivity index (χ3n) is 6.45. The van der Waals surface area contributed by atoms with Gasteiger partial charge >= 0.3 is 0 Å². The quantitative estimate of drug-likeness (QED) is 0.266. The number of benzene rings is 2. The molecule has 0 N–H and O–H groups in total. The van der Waals surface area contributed by atoms with E-state index in [0.29, 0.717) is 46.4 Å². The van der Waals surface area contributed by atoms with Crippen LogP contribution in [-0.4, -0.2) is 24.1 Å². The number of ether oxygens (including phenoxy) is 2. The van der Waals surface area contributed by atoms with Gasteiger partial charge in [-0.05, 0) is 68.1 Å². The van der Waals surface area contributed by atoms with Crippen molar-refractivity contribution in [1.29, 1.82) is 0 Å². The van der Waals surface area contributed by atoms with E-state index < -0.39 is 6.04 Å². The first kappa shape index (κ1) is 24.1. The predicted molar refractivity (Wildman–Crippen MR) is 141 cm³/mol. The highest BCUT2D eigenvalue weighted by molar-refractivity contribution is 7.13. The monoisotopic (exact) mass is 504 g/mol. The van der Waals surface area contributed by atoms with Crippen LogP contribution in [-0.2, 0) is 0 Å². The Morgan fingerprint density at radius 3 is 2.58 bits per heavy atom. The molecule has 0 aliphatic carbocycles. The second-order valence-corrected chi connectivity index (χ2v) is 9.71. The zero-order valence-electron chi connectivity index (χ0n) is 20.8. The molecule has 0 fully saturated rings. The van der Waals surface area contributed by atoms with Gasteiger partial charge in [0.2, 0.25) is 5.76 Å². The van der Waals surface area contributed by atoms with E-state index in [0.717, 1.165) is 29.5 Å². The van der Waals surface area contributed by atoms with Gasteiger partial charge in [-0.25, -0.2) is 4.98 Å². The number of aromatic nitrogens is 1. The molecule has 186 valence electrons. The van der Waals surface area contributed by atoms with E-state index in [1.807, 2.05) is 51.1 Å². The fourth-order valence-corrected chi connectivity index (χ4v) is 5.15. The van der Waals surface area contributed by atoms with Crippen molar-refractivity contribution in [2.24, 2.45) is 0 Å². The molecule has 3 heterocycles. The summed E-state index contributed by atoms with van der Waals surface area (Å²) in [6.07, 6.45) is 3.60. The average molecular weight is 505 g/mol. The van der Waals surface area contributed by atoms with Crippen molar-refractivity contribution in [2.45, 2.75) is 46.6 Å². The third-order valence-corrected chi connectivity index (χ3v) is 7.22. The minimum Gasteiger partial charge on any atom is -0.490 e. The summed E-state index contributed by atoms with van der Waals surface area (Å²) in [6.45, 7) is 8.96. The second-order valence-electron chi connectivity index (χ2n) is 8.84. The molecule has 5 rings (SSSR count). The second kappa shape index (κ2) is 9.78. The van der Waals surface area contributed by atoms with Crippen LogP contribution in [0, 0.1) is 13.8 Å². The van der Waals surface area contributed by atoms with E-state index in [1.54, 1.807) is 16.5 Å². The Morgan fingerprint density at radius 1 is 1.06 bits per heavy atom. The van der Waals surface area contributed by atoms with E-state index in [-0.39, 0.29) is 17.1 Å². The molecular weight excluding hydrogens is 476 g/mol. The van der Waals surface area contributed by atoms with Crippen LogP contribution in [0.25, 0.3) is 11.0 Å². The lowest BCUT2D eigenvalue weighted by molar-refractivity contribution is 0.0971. The van der Waals surface area contributed by atoms with E-state index in [2.05, 4.69) is 11.9 Å². The molecule has 4 aromatic rings. The molecule has 8 heteroatoms. The highest BCUT2D eigenvalue weighted by Crippen LogP contribution is 2.44. The normalized spacial score (nSPS) is 14.9. The molecule has 36 heavy (non-hydrogen) atoms. The molecule has 0 radical (unpaired) electrons. The number of carbonyl (C=O) groups is 1. The van der Waals surface area contributed by atoms with Gasteiger partial charge in [-0.1, -0.05) is 19.4 Å². The van der Waals surface area contributed by atoms with Crippen LogP contribution in [0.1, 0.15) is 65.5 Å². The maximum absolute atomic E-state index is 13.9. The zero-order chi connectivity index (χ0) is 25.4. The van der Waals surface area contributed by atoms with Crippen molar-refractivity contribution in [2.75, 3.05) is 18.1 Å². The Bertz CT molecular complexity index is 1490. The van der Waals surface area contributed by atoms with Gasteiger partial charge in [0.15, 0.2) is 22.1 Å². The fraction of sp³-hybridized carbons (Fsp3) is 0.321. The van der Waals surface area contributed by atoms with Crippen molar-refractivity contribution in [1.82, 2.24) is 4.98 Å². The van der Waals surface area contributed by atoms with Crippen LogP contribution < -0.4 is 19.8 Å². The Labute approximate surface area is 213 Å². The summed E-state index contributed by atoms with van der Waals surface area (Å²) in [5.74, 6) is 0.874. The Kier molecular flexibility index (Phi) is 6.53. The lowest BCUT2D eigenvalue weighted by atomic mass is 9.97. The number of anilines is 1. The Hall–Kier alpha value is -3.65. The SMILES string of the molecule is CCCCOc1ccc(C2c3c(oc4cc(C)c(C)cc4c3=O)C(=O)N2c2nccs2)cc1OCC. The maximum atomic E-state index is 13.9. The number of fused-ring (bicyclic) bond motifs is 2. The predicted octanol–water partition coefficient (Wildman–Crippen LogP) is 6.19. The van der Waals surface area contributed by atoms with Crippen LogP contribution in [0.4, 0.5) is 5.13 Å². The summed E-state index contributed by atoms with van der Waals surface area (Å²) >= 11 is 1.33. The van der Waals surface area contributed by atoms with Gasteiger partial charge in [-0.3, -0.25) is 14.5 Å². The summed E-state index contributed by atoms with van der Waals surface area (Å²) in [7, 11) is 0. The number of amides is 1. The number of aryl methyl sites for hydroxylation is 2. The van der Waals surface area contributed by atoms with Crippen molar-refractivity contribution in [3.63, 3.8) is 0 Å². The largest absolute Gasteiger partial charge is 0.490 e. The number of carbonyl (C=O) groups excluding carboxylic acids is 1. The first-order valence-corrected chi connectivity index (χ1v) is 13.0. The van der Waals surface area contributed by atoms with Crippen molar-refractivity contribution >= 4 is 33.3 Å². The van der Waals surface area contributed by atoms with Crippen LogP contribution in [0.5, 0.6) is 11.5 Å². The first-order chi connectivity index (χ1) is 17.4. The summed E-state index contributed by atoms with van der Waals surface area (Å²) < 4.78 is 18.0. The minimum atomic E-state index is -0.704. The smallest absolute Gasteiger partial charge is 0.297 e. The Balaban J connectivity index is 1.71. The molecule has 1 aliphatic rings. The topological polar surface area (TPSA) is 81.9 Å². The molecule has 7 nitrogen and oxygen atoms in total. The van der Waals surface area contributed by atoms with Gasteiger partial charge in [0.25, 0.3) is 5.91 Å². The third kappa shape index (κ3) is 4.05.